The van der Waals surface area contributed by atoms with E-state index in [-0.39, 0.29) is 18.6 Å². The lowest BCUT2D eigenvalue weighted by atomic mass is 9.87. The van der Waals surface area contributed by atoms with Crippen molar-refractivity contribution in [2.75, 3.05) is 6.61 Å². The first-order chi connectivity index (χ1) is 4.34. The number of aliphatic hydroxyl groups is 2. The van der Waals surface area contributed by atoms with Crippen LogP contribution in [0.4, 0.5) is 0 Å². The van der Waals surface area contributed by atoms with Crippen molar-refractivity contribution >= 4 is 0 Å². The van der Waals surface area contributed by atoms with Crippen LogP contribution in [0.1, 0.15) is 25.7 Å². The maximum Gasteiger partial charge on any atom is 0.0590 e. The lowest BCUT2D eigenvalue weighted by Crippen LogP contribution is -2.26. The zero-order valence-corrected chi connectivity index (χ0v) is 5.58. The minimum absolute atomic E-state index is 0.154. The Balaban J connectivity index is 2.30. The highest BCUT2D eigenvalue weighted by atomic mass is 16.3. The van der Waals surface area contributed by atoms with Crippen LogP contribution in [0.5, 0.6) is 0 Å². The molecule has 0 aliphatic heterocycles. The van der Waals surface area contributed by atoms with Crippen LogP contribution in [0.25, 0.3) is 0 Å². The van der Waals surface area contributed by atoms with E-state index in [1.807, 2.05) is 0 Å². The molecule has 1 unspecified atom stereocenters. The quantitative estimate of drug-likeness (QED) is 0.543. The highest BCUT2D eigenvalue weighted by molar-refractivity contribution is 4.72. The fourth-order valence-electron chi connectivity index (χ4n) is 1.40. The molecule has 0 radical (unpaired) electrons. The SMILES string of the molecule is OCC1CCCC[C@H]1O. The molecular formula is C7H14O2. The normalized spacial score (nSPS) is 36.7. The van der Waals surface area contributed by atoms with E-state index in [0.717, 1.165) is 19.3 Å². The van der Waals surface area contributed by atoms with Crippen LogP contribution in [0.3, 0.4) is 0 Å². The predicted molar refractivity (Wildman–Crippen MR) is 35.1 cm³/mol. The molecule has 1 aliphatic rings. The van der Waals surface area contributed by atoms with E-state index in [0.29, 0.717) is 0 Å². The summed E-state index contributed by atoms with van der Waals surface area (Å²) in [5.41, 5.74) is 0. The molecule has 2 nitrogen and oxygen atoms in total. The maximum atomic E-state index is 9.21. The third-order valence-corrected chi connectivity index (χ3v) is 2.10. The van der Waals surface area contributed by atoms with Crippen molar-refractivity contribution in [3.63, 3.8) is 0 Å². The van der Waals surface area contributed by atoms with Gasteiger partial charge in [0.1, 0.15) is 0 Å². The topological polar surface area (TPSA) is 40.5 Å². The first-order valence-corrected chi connectivity index (χ1v) is 3.63. The standard InChI is InChI=1S/C7H14O2/c8-5-6-3-1-2-4-7(6)9/h6-9H,1-5H2/t6?,7-/m1/s1. The van der Waals surface area contributed by atoms with E-state index < -0.39 is 0 Å². The molecule has 2 heteroatoms. The summed E-state index contributed by atoms with van der Waals surface area (Å²) in [6, 6.07) is 0. The summed E-state index contributed by atoms with van der Waals surface area (Å²) in [7, 11) is 0. The summed E-state index contributed by atoms with van der Waals surface area (Å²) in [4.78, 5) is 0. The molecule has 0 amide bonds. The summed E-state index contributed by atoms with van der Waals surface area (Å²) in [5.74, 6) is 0.166. The predicted octanol–water partition coefficient (Wildman–Crippen LogP) is 0.530. The van der Waals surface area contributed by atoms with Gasteiger partial charge in [-0.25, -0.2) is 0 Å². The first kappa shape index (κ1) is 7.03. The number of aliphatic hydroxyl groups excluding tert-OH is 2. The van der Waals surface area contributed by atoms with Gasteiger partial charge in [0.2, 0.25) is 0 Å². The molecule has 1 aliphatic carbocycles. The summed E-state index contributed by atoms with van der Waals surface area (Å²) in [5, 5.41) is 17.9. The third kappa shape index (κ3) is 1.66. The minimum Gasteiger partial charge on any atom is -0.396 e. The average Bonchev–Trinajstić information content (AvgIpc) is 1.89. The number of hydrogen-bond acceptors (Lipinski definition) is 2. The van der Waals surface area contributed by atoms with Gasteiger partial charge in [-0.1, -0.05) is 12.8 Å². The Morgan fingerprint density at radius 1 is 1.22 bits per heavy atom. The van der Waals surface area contributed by atoms with Gasteiger partial charge in [-0.15, -0.1) is 0 Å². The van der Waals surface area contributed by atoms with Crippen molar-refractivity contribution in [3.8, 4) is 0 Å². The van der Waals surface area contributed by atoms with Gasteiger partial charge in [-0.2, -0.15) is 0 Å². The van der Waals surface area contributed by atoms with Gasteiger partial charge in [0.05, 0.1) is 6.10 Å². The Hall–Kier alpha value is -0.0800. The number of hydrogen-bond donors (Lipinski definition) is 2. The van der Waals surface area contributed by atoms with Crippen LogP contribution in [0.15, 0.2) is 0 Å². The van der Waals surface area contributed by atoms with Gasteiger partial charge < -0.3 is 10.2 Å². The summed E-state index contributed by atoms with van der Waals surface area (Å²) in [6.07, 6.45) is 3.94. The van der Waals surface area contributed by atoms with Crippen molar-refractivity contribution in [2.24, 2.45) is 5.92 Å². The van der Waals surface area contributed by atoms with E-state index in [1.54, 1.807) is 0 Å². The fourth-order valence-corrected chi connectivity index (χ4v) is 1.40. The molecule has 0 bridgehead atoms. The molecule has 0 aromatic heterocycles. The van der Waals surface area contributed by atoms with E-state index in [9.17, 15) is 5.11 Å². The van der Waals surface area contributed by atoms with Gasteiger partial charge in [0.25, 0.3) is 0 Å². The van der Waals surface area contributed by atoms with Gasteiger partial charge in [0.15, 0.2) is 0 Å². The molecule has 54 valence electrons. The van der Waals surface area contributed by atoms with Gasteiger partial charge in [0, 0.05) is 12.5 Å². The number of rotatable bonds is 1. The lowest BCUT2D eigenvalue weighted by molar-refractivity contribution is 0.0359. The van der Waals surface area contributed by atoms with E-state index in [1.165, 1.54) is 6.42 Å². The second kappa shape index (κ2) is 3.18. The summed E-state index contributed by atoms with van der Waals surface area (Å²) in [6.45, 7) is 0.154. The second-order valence-corrected chi connectivity index (χ2v) is 2.79. The van der Waals surface area contributed by atoms with Crippen LogP contribution in [0, 0.1) is 5.92 Å². The Morgan fingerprint density at radius 2 is 1.89 bits per heavy atom. The van der Waals surface area contributed by atoms with Crippen molar-refractivity contribution < 1.29 is 10.2 Å². The Kier molecular flexibility index (Phi) is 2.49. The van der Waals surface area contributed by atoms with Crippen LogP contribution in [0.2, 0.25) is 0 Å². The van der Waals surface area contributed by atoms with Crippen LogP contribution >= 0.6 is 0 Å². The lowest BCUT2D eigenvalue weighted by Gasteiger charge is -2.25. The van der Waals surface area contributed by atoms with Gasteiger partial charge >= 0.3 is 0 Å². The Bertz CT molecular complexity index is 83.0. The van der Waals surface area contributed by atoms with Crippen molar-refractivity contribution in [3.05, 3.63) is 0 Å². The van der Waals surface area contributed by atoms with E-state index in [2.05, 4.69) is 0 Å². The van der Waals surface area contributed by atoms with Crippen molar-refractivity contribution in [2.45, 2.75) is 31.8 Å². The van der Waals surface area contributed by atoms with Crippen molar-refractivity contribution in [1.29, 1.82) is 0 Å². The second-order valence-electron chi connectivity index (χ2n) is 2.79. The molecule has 2 N–H and O–H groups in total. The third-order valence-electron chi connectivity index (χ3n) is 2.10. The molecule has 0 aromatic rings. The van der Waals surface area contributed by atoms with Gasteiger partial charge in [-0.05, 0) is 12.8 Å². The molecule has 0 heterocycles. The highest BCUT2D eigenvalue weighted by Crippen LogP contribution is 2.23. The van der Waals surface area contributed by atoms with E-state index >= 15 is 0 Å². The van der Waals surface area contributed by atoms with Gasteiger partial charge in [-0.3, -0.25) is 0 Å². The van der Waals surface area contributed by atoms with Crippen LogP contribution in [-0.2, 0) is 0 Å². The highest BCUT2D eigenvalue weighted by Gasteiger charge is 2.21. The minimum atomic E-state index is -0.233. The molecule has 9 heavy (non-hydrogen) atoms. The van der Waals surface area contributed by atoms with Crippen LogP contribution in [-0.4, -0.2) is 22.9 Å². The molecule has 1 rings (SSSR count). The fraction of sp³-hybridized carbons (Fsp3) is 1.00. The largest absolute Gasteiger partial charge is 0.396 e. The monoisotopic (exact) mass is 130 g/mol. The van der Waals surface area contributed by atoms with Crippen molar-refractivity contribution in [1.82, 2.24) is 0 Å². The van der Waals surface area contributed by atoms with Crippen LogP contribution < -0.4 is 0 Å². The zero-order valence-electron chi connectivity index (χ0n) is 5.58. The Morgan fingerprint density at radius 3 is 2.33 bits per heavy atom. The summed E-state index contributed by atoms with van der Waals surface area (Å²) >= 11 is 0. The Labute approximate surface area is 55.5 Å². The first-order valence-electron chi connectivity index (χ1n) is 3.63. The molecule has 1 fully saturated rings. The molecular weight excluding hydrogens is 116 g/mol. The summed E-state index contributed by atoms with van der Waals surface area (Å²) < 4.78 is 0. The average molecular weight is 130 g/mol. The maximum absolute atomic E-state index is 9.21. The molecule has 0 saturated heterocycles. The molecule has 0 aromatic carbocycles. The molecule has 0 spiro atoms. The van der Waals surface area contributed by atoms with E-state index in [4.69, 9.17) is 5.11 Å². The molecule has 1 saturated carbocycles. The smallest absolute Gasteiger partial charge is 0.0590 e. The zero-order chi connectivity index (χ0) is 6.69. The molecule has 2 atom stereocenters.